The van der Waals surface area contributed by atoms with Gasteiger partial charge in [-0.05, 0) is 24.3 Å². The predicted octanol–water partition coefficient (Wildman–Crippen LogP) is 3.58. The molecule has 0 amide bonds. The van der Waals surface area contributed by atoms with Gasteiger partial charge >= 0.3 is 5.97 Å². The molecule has 0 radical (unpaired) electrons. The summed E-state index contributed by atoms with van der Waals surface area (Å²) in [6, 6.07) is 9.28. The number of aromatic nitrogens is 2. The number of ether oxygens (including phenoxy) is 1. The fourth-order valence-corrected chi connectivity index (χ4v) is 2.53. The molecule has 0 saturated heterocycles. The summed E-state index contributed by atoms with van der Waals surface area (Å²) in [7, 11) is 1.51. The molecule has 118 valence electrons. The van der Waals surface area contributed by atoms with Crippen LogP contribution in [-0.4, -0.2) is 28.0 Å². The maximum atomic E-state index is 14.0. The summed E-state index contributed by atoms with van der Waals surface area (Å²) in [5.41, 5.74) is 0.826. The van der Waals surface area contributed by atoms with Gasteiger partial charge in [0.2, 0.25) is 0 Å². The molecule has 0 aliphatic heterocycles. The molecule has 0 saturated carbocycles. The quantitative estimate of drug-likeness (QED) is 0.792. The lowest BCUT2D eigenvalue weighted by Gasteiger charge is -2.06. The molecule has 23 heavy (non-hydrogen) atoms. The third-order valence-electron chi connectivity index (χ3n) is 3.50. The van der Waals surface area contributed by atoms with Crippen LogP contribution in [0, 0.1) is 5.82 Å². The first kappa shape index (κ1) is 15.3. The standard InChI is InChI=1S/C16H12ClFN2O3/c1-23-11-4-5-12-14(7-11)20(19-15(12)16(21)22)8-9-2-3-10(17)6-13(9)18/h2-7H,8H2,1H3,(H,21,22). The summed E-state index contributed by atoms with van der Waals surface area (Å²) < 4.78 is 20.6. The number of halogens is 2. The van der Waals surface area contributed by atoms with Crippen molar-refractivity contribution in [2.24, 2.45) is 0 Å². The molecule has 1 aromatic heterocycles. The lowest BCUT2D eigenvalue weighted by molar-refractivity contribution is 0.0691. The van der Waals surface area contributed by atoms with E-state index in [1.54, 1.807) is 30.3 Å². The van der Waals surface area contributed by atoms with Crippen LogP contribution in [0.25, 0.3) is 10.9 Å². The second kappa shape index (κ2) is 5.89. The topological polar surface area (TPSA) is 64.3 Å². The normalized spacial score (nSPS) is 10.9. The molecule has 3 rings (SSSR count). The zero-order chi connectivity index (χ0) is 16.6. The first-order valence-electron chi connectivity index (χ1n) is 6.71. The van der Waals surface area contributed by atoms with Gasteiger partial charge in [-0.2, -0.15) is 5.10 Å². The van der Waals surface area contributed by atoms with E-state index in [1.807, 2.05) is 0 Å². The zero-order valence-electron chi connectivity index (χ0n) is 12.1. The lowest BCUT2D eigenvalue weighted by Crippen LogP contribution is -2.06. The van der Waals surface area contributed by atoms with Crippen molar-refractivity contribution in [2.45, 2.75) is 6.54 Å². The molecule has 0 spiro atoms. The molecule has 7 heteroatoms. The largest absolute Gasteiger partial charge is 0.497 e. The molecule has 0 fully saturated rings. The molecule has 0 bridgehead atoms. The number of fused-ring (bicyclic) bond motifs is 1. The summed E-state index contributed by atoms with van der Waals surface area (Å²) in [5.74, 6) is -1.05. The zero-order valence-corrected chi connectivity index (χ0v) is 12.8. The van der Waals surface area contributed by atoms with E-state index in [1.165, 1.54) is 17.9 Å². The van der Waals surface area contributed by atoms with E-state index >= 15 is 0 Å². The number of methoxy groups -OCH3 is 1. The Morgan fingerprint density at radius 2 is 2.13 bits per heavy atom. The van der Waals surface area contributed by atoms with Crippen molar-refractivity contribution in [3.8, 4) is 5.75 Å². The minimum Gasteiger partial charge on any atom is -0.497 e. The van der Waals surface area contributed by atoms with E-state index in [2.05, 4.69) is 5.10 Å². The highest BCUT2D eigenvalue weighted by molar-refractivity contribution is 6.30. The van der Waals surface area contributed by atoms with Crippen molar-refractivity contribution in [2.75, 3.05) is 7.11 Å². The van der Waals surface area contributed by atoms with Crippen LogP contribution >= 0.6 is 11.6 Å². The van der Waals surface area contributed by atoms with Gasteiger partial charge in [0.1, 0.15) is 11.6 Å². The van der Waals surface area contributed by atoms with Gasteiger partial charge in [-0.3, -0.25) is 4.68 Å². The summed E-state index contributed by atoms with van der Waals surface area (Å²) in [4.78, 5) is 11.3. The molecular formula is C16H12ClFN2O3. The van der Waals surface area contributed by atoms with E-state index in [4.69, 9.17) is 16.3 Å². The van der Waals surface area contributed by atoms with Crippen LogP contribution in [0.2, 0.25) is 5.02 Å². The van der Waals surface area contributed by atoms with Crippen LogP contribution in [0.5, 0.6) is 5.75 Å². The van der Waals surface area contributed by atoms with Crippen molar-refractivity contribution in [3.63, 3.8) is 0 Å². The monoisotopic (exact) mass is 334 g/mol. The Morgan fingerprint density at radius 1 is 1.35 bits per heavy atom. The number of aromatic carboxylic acids is 1. The fraction of sp³-hybridized carbons (Fsp3) is 0.125. The SMILES string of the molecule is COc1ccc2c(C(=O)O)nn(Cc3ccc(Cl)cc3F)c2c1. The van der Waals surface area contributed by atoms with Gasteiger partial charge in [-0.1, -0.05) is 17.7 Å². The fourth-order valence-electron chi connectivity index (χ4n) is 2.37. The number of carboxylic acids is 1. The molecule has 5 nitrogen and oxygen atoms in total. The maximum Gasteiger partial charge on any atom is 0.357 e. The van der Waals surface area contributed by atoms with Crippen LogP contribution in [0.3, 0.4) is 0 Å². The number of carboxylic acid groups (broad SMARTS) is 1. The highest BCUT2D eigenvalue weighted by Gasteiger charge is 2.18. The van der Waals surface area contributed by atoms with E-state index < -0.39 is 11.8 Å². The third kappa shape index (κ3) is 2.85. The second-order valence-corrected chi connectivity index (χ2v) is 5.37. The van der Waals surface area contributed by atoms with E-state index in [-0.39, 0.29) is 12.2 Å². The van der Waals surface area contributed by atoms with Crippen LogP contribution in [0.15, 0.2) is 36.4 Å². The smallest absolute Gasteiger partial charge is 0.357 e. The lowest BCUT2D eigenvalue weighted by atomic mass is 10.2. The van der Waals surface area contributed by atoms with Gasteiger partial charge < -0.3 is 9.84 Å². The molecule has 3 aromatic rings. The molecule has 2 aromatic carbocycles. The summed E-state index contributed by atoms with van der Waals surface area (Å²) in [6.45, 7) is 0.0833. The average molecular weight is 335 g/mol. The van der Waals surface area contributed by atoms with Crippen molar-refractivity contribution in [1.82, 2.24) is 9.78 Å². The second-order valence-electron chi connectivity index (χ2n) is 4.93. The molecular weight excluding hydrogens is 323 g/mol. The molecule has 1 heterocycles. The number of rotatable bonds is 4. The molecule has 0 aliphatic carbocycles. The van der Waals surface area contributed by atoms with Gasteiger partial charge in [0.15, 0.2) is 5.69 Å². The van der Waals surface area contributed by atoms with Crippen molar-refractivity contribution < 1.29 is 19.0 Å². The number of hydrogen-bond donors (Lipinski definition) is 1. The molecule has 0 atom stereocenters. The van der Waals surface area contributed by atoms with Gasteiger partial charge in [0.05, 0.1) is 19.2 Å². The van der Waals surface area contributed by atoms with Crippen LogP contribution < -0.4 is 4.74 Å². The van der Waals surface area contributed by atoms with Crippen LogP contribution in [0.4, 0.5) is 4.39 Å². The summed E-state index contributed by atoms with van der Waals surface area (Å²) >= 11 is 5.74. The first-order valence-corrected chi connectivity index (χ1v) is 7.09. The van der Waals surface area contributed by atoms with Crippen LogP contribution in [-0.2, 0) is 6.54 Å². The Morgan fingerprint density at radius 3 is 2.78 bits per heavy atom. The predicted molar refractivity (Wildman–Crippen MR) is 83.8 cm³/mol. The number of carbonyl (C=O) groups is 1. The van der Waals surface area contributed by atoms with Gasteiger partial charge in [-0.25, -0.2) is 9.18 Å². The minimum absolute atomic E-state index is 0.0833. The first-order chi connectivity index (χ1) is 11.0. The summed E-state index contributed by atoms with van der Waals surface area (Å²) in [6.07, 6.45) is 0. The molecule has 0 unspecified atom stereocenters. The molecule has 1 N–H and O–H groups in total. The highest BCUT2D eigenvalue weighted by atomic mass is 35.5. The van der Waals surface area contributed by atoms with Crippen molar-refractivity contribution >= 4 is 28.5 Å². The number of nitrogens with zero attached hydrogens (tertiary/aromatic N) is 2. The third-order valence-corrected chi connectivity index (χ3v) is 3.73. The number of hydrogen-bond acceptors (Lipinski definition) is 3. The average Bonchev–Trinajstić information content (AvgIpc) is 2.88. The van der Waals surface area contributed by atoms with Gasteiger partial charge in [-0.15, -0.1) is 0 Å². The van der Waals surface area contributed by atoms with Gasteiger partial charge in [0, 0.05) is 22.0 Å². The van der Waals surface area contributed by atoms with Gasteiger partial charge in [0.25, 0.3) is 0 Å². The molecule has 0 aliphatic rings. The van der Waals surface area contributed by atoms with E-state index in [0.717, 1.165) is 0 Å². The summed E-state index contributed by atoms with van der Waals surface area (Å²) in [5, 5.41) is 14.1. The Balaban J connectivity index is 2.14. The van der Waals surface area contributed by atoms with Crippen LogP contribution in [0.1, 0.15) is 16.1 Å². The Labute approximate surface area is 135 Å². The van der Waals surface area contributed by atoms with Crippen molar-refractivity contribution in [1.29, 1.82) is 0 Å². The van der Waals surface area contributed by atoms with E-state index in [0.29, 0.717) is 27.2 Å². The highest BCUT2D eigenvalue weighted by Crippen LogP contribution is 2.25. The minimum atomic E-state index is -1.14. The number of benzene rings is 2. The van der Waals surface area contributed by atoms with E-state index in [9.17, 15) is 14.3 Å². The van der Waals surface area contributed by atoms with Crippen molar-refractivity contribution in [3.05, 3.63) is 58.5 Å². The Hall–Kier alpha value is -2.60. The Bertz CT molecular complexity index is 908. The maximum absolute atomic E-state index is 14.0. The Kier molecular flexibility index (Phi) is 3.92.